The molecule has 0 spiro atoms. The van der Waals surface area contributed by atoms with Gasteiger partial charge in [-0.05, 0) is 35.4 Å². The van der Waals surface area contributed by atoms with Gasteiger partial charge in [-0.15, -0.1) is 10.2 Å². The van der Waals surface area contributed by atoms with Crippen molar-refractivity contribution in [3.8, 4) is 0 Å². The van der Waals surface area contributed by atoms with Gasteiger partial charge in [-0.2, -0.15) is 9.61 Å². The number of allylic oxidation sites excluding steroid dienone is 5. The zero-order valence-corrected chi connectivity index (χ0v) is 11.8. The summed E-state index contributed by atoms with van der Waals surface area (Å²) in [4.78, 5) is 0. The van der Waals surface area contributed by atoms with E-state index in [0.29, 0.717) is 0 Å². The Hall–Kier alpha value is -1.75. The van der Waals surface area contributed by atoms with Crippen molar-refractivity contribution in [2.24, 2.45) is 0 Å². The first-order chi connectivity index (χ1) is 8.63. The summed E-state index contributed by atoms with van der Waals surface area (Å²) in [5.74, 6) is 0.745. The van der Waals surface area contributed by atoms with Crippen LogP contribution in [0, 0.1) is 6.92 Å². The second kappa shape index (κ2) is 5.27. The normalized spacial score (nSPS) is 12.5. The van der Waals surface area contributed by atoms with Crippen LogP contribution < -0.4 is 0 Å². The molecule has 92 valence electrons. The number of rotatable bonds is 3. The summed E-state index contributed by atoms with van der Waals surface area (Å²) < 4.78 is 2.68. The highest BCUT2D eigenvalue weighted by Gasteiger charge is 2.09. The third kappa shape index (κ3) is 2.41. The lowest BCUT2D eigenvalue weighted by atomic mass is 10.2. The van der Waals surface area contributed by atoms with Gasteiger partial charge in [0.25, 0.3) is 0 Å². The minimum absolute atomic E-state index is 0.725. The molecule has 0 fully saturated rings. The molecule has 2 aromatic heterocycles. The van der Waals surface area contributed by atoms with Crippen LogP contribution in [0.5, 0.6) is 0 Å². The predicted octanol–water partition coefficient (Wildman–Crippen LogP) is 3.34. The maximum absolute atomic E-state index is 4.44. The number of halogens is 1. The smallest absolute Gasteiger partial charge is 0.181 e. The van der Waals surface area contributed by atoms with Crippen molar-refractivity contribution < 1.29 is 0 Å². The second-order valence-corrected chi connectivity index (χ2v) is 4.70. The molecule has 18 heavy (non-hydrogen) atoms. The summed E-state index contributed by atoms with van der Waals surface area (Å²) in [6.45, 7) is 7.53. The highest BCUT2D eigenvalue weighted by Crippen LogP contribution is 2.18. The molecule has 4 nitrogen and oxygen atoms in total. The minimum atomic E-state index is 0.725. The van der Waals surface area contributed by atoms with Crippen molar-refractivity contribution >= 4 is 27.2 Å². The first kappa shape index (κ1) is 12.7. The van der Waals surface area contributed by atoms with Gasteiger partial charge in [0.05, 0.1) is 5.69 Å². The van der Waals surface area contributed by atoms with Crippen LogP contribution in [0.2, 0.25) is 0 Å². The molecule has 2 aromatic rings. The van der Waals surface area contributed by atoms with Crippen LogP contribution in [-0.2, 0) is 0 Å². The van der Waals surface area contributed by atoms with Crippen LogP contribution >= 0.6 is 15.9 Å². The van der Waals surface area contributed by atoms with Gasteiger partial charge in [0, 0.05) is 10.5 Å². The standard InChI is InChI=1S/C13H13BrN4/c1-4-5-6-7-9(2)13-16-15-12-8-11(14)10(3)17-18(12)13/h4-8H,1H2,2-3H3/b6-5-,9-7+. The zero-order valence-electron chi connectivity index (χ0n) is 10.3. The lowest BCUT2D eigenvalue weighted by molar-refractivity contribution is 0.870. The summed E-state index contributed by atoms with van der Waals surface area (Å²) in [6.07, 6.45) is 7.46. The van der Waals surface area contributed by atoms with Crippen molar-refractivity contribution in [1.29, 1.82) is 0 Å². The average molecular weight is 305 g/mol. The maximum atomic E-state index is 4.44. The summed E-state index contributed by atoms with van der Waals surface area (Å²) in [5, 5.41) is 12.7. The molecule has 2 rings (SSSR count). The fraction of sp³-hybridized carbons (Fsp3) is 0.154. The topological polar surface area (TPSA) is 43.1 Å². The van der Waals surface area contributed by atoms with Crippen LogP contribution in [0.25, 0.3) is 11.2 Å². The van der Waals surface area contributed by atoms with E-state index >= 15 is 0 Å². The molecule has 0 aliphatic rings. The maximum Gasteiger partial charge on any atom is 0.181 e. The molecule has 0 amide bonds. The van der Waals surface area contributed by atoms with E-state index in [9.17, 15) is 0 Å². The highest BCUT2D eigenvalue weighted by molar-refractivity contribution is 9.10. The van der Waals surface area contributed by atoms with Crippen molar-refractivity contribution in [1.82, 2.24) is 19.8 Å². The number of fused-ring (bicyclic) bond motifs is 1. The molecule has 0 aliphatic heterocycles. The molecule has 0 aliphatic carbocycles. The molecule has 0 aromatic carbocycles. The molecule has 5 heteroatoms. The van der Waals surface area contributed by atoms with Gasteiger partial charge in [-0.1, -0.05) is 30.9 Å². The first-order valence-electron chi connectivity index (χ1n) is 5.48. The Morgan fingerprint density at radius 3 is 2.89 bits per heavy atom. The molecule has 2 heterocycles. The van der Waals surface area contributed by atoms with E-state index in [4.69, 9.17) is 0 Å². The van der Waals surface area contributed by atoms with E-state index in [0.717, 1.165) is 27.2 Å². The number of hydrogen-bond donors (Lipinski definition) is 0. The molecule has 0 radical (unpaired) electrons. The van der Waals surface area contributed by atoms with Gasteiger partial charge in [0.2, 0.25) is 0 Å². The average Bonchev–Trinajstić information content (AvgIpc) is 2.73. The fourth-order valence-corrected chi connectivity index (χ4v) is 1.78. The third-order valence-electron chi connectivity index (χ3n) is 2.46. The van der Waals surface area contributed by atoms with Gasteiger partial charge in [0.1, 0.15) is 0 Å². The van der Waals surface area contributed by atoms with Crippen LogP contribution in [-0.4, -0.2) is 19.8 Å². The molecule has 0 N–H and O–H groups in total. The second-order valence-electron chi connectivity index (χ2n) is 3.84. The van der Waals surface area contributed by atoms with E-state index in [2.05, 4.69) is 37.8 Å². The quantitative estimate of drug-likeness (QED) is 0.817. The predicted molar refractivity (Wildman–Crippen MR) is 76.2 cm³/mol. The van der Waals surface area contributed by atoms with E-state index < -0.39 is 0 Å². The largest absolute Gasteiger partial charge is 0.193 e. The fourth-order valence-electron chi connectivity index (χ4n) is 1.49. The summed E-state index contributed by atoms with van der Waals surface area (Å²) >= 11 is 3.43. The Labute approximate surface area is 114 Å². The molecule has 0 unspecified atom stereocenters. The minimum Gasteiger partial charge on any atom is -0.193 e. The Bertz CT molecular complexity index is 652. The first-order valence-corrected chi connectivity index (χ1v) is 6.27. The zero-order chi connectivity index (χ0) is 13.1. The van der Waals surface area contributed by atoms with Crippen LogP contribution in [0.4, 0.5) is 0 Å². The van der Waals surface area contributed by atoms with E-state index in [-0.39, 0.29) is 0 Å². The monoisotopic (exact) mass is 304 g/mol. The Balaban J connectivity index is 2.52. The van der Waals surface area contributed by atoms with Gasteiger partial charge >= 0.3 is 0 Å². The van der Waals surface area contributed by atoms with Crippen LogP contribution in [0.3, 0.4) is 0 Å². The van der Waals surface area contributed by atoms with Crippen LogP contribution in [0.1, 0.15) is 18.4 Å². The van der Waals surface area contributed by atoms with Crippen molar-refractivity contribution in [2.75, 3.05) is 0 Å². The van der Waals surface area contributed by atoms with Gasteiger partial charge in [-0.3, -0.25) is 0 Å². The molecule has 0 saturated heterocycles. The number of hydrogen-bond acceptors (Lipinski definition) is 3. The summed E-state index contributed by atoms with van der Waals surface area (Å²) in [6, 6.07) is 1.91. The molecule has 0 saturated carbocycles. The summed E-state index contributed by atoms with van der Waals surface area (Å²) in [5.41, 5.74) is 2.62. The Morgan fingerprint density at radius 1 is 1.39 bits per heavy atom. The van der Waals surface area contributed by atoms with Gasteiger partial charge in [0.15, 0.2) is 11.5 Å². The highest BCUT2D eigenvalue weighted by atomic mass is 79.9. The van der Waals surface area contributed by atoms with E-state index in [1.165, 1.54) is 0 Å². The lowest BCUT2D eigenvalue weighted by Gasteiger charge is -2.01. The molecular weight excluding hydrogens is 292 g/mol. The SMILES string of the molecule is C=C/C=C\C=C(/C)c1nnc2cc(Br)c(C)nn12. The van der Waals surface area contributed by atoms with Gasteiger partial charge in [-0.25, -0.2) is 0 Å². The van der Waals surface area contributed by atoms with Crippen LogP contribution in [0.15, 0.2) is 41.4 Å². The van der Waals surface area contributed by atoms with E-state index in [1.807, 2.05) is 38.1 Å². The molecule has 0 bridgehead atoms. The van der Waals surface area contributed by atoms with Gasteiger partial charge < -0.3 is 0 Å². The number of aryl methyl sites for hydroxylation is 1. The molecular formula is C13H13BrN4. The molecule has 0 atom stereocenters. The number of aromatic nitrogens is 4. The Morgan fingerprint density at radius 2 is 2.17 bits per heavy atom. The third-order valence-corrected chi connectivity index (χ3v) is 3.27. The number of nitrogens with zero attached hydrogens (tertiary/aromatic N) is 4. The van der Waals surface area contributed by atoms with Crippen molar-refractivity contribution in [2.45, 2.75) is 13.8 Å². The van der Waals surface area contributed by atoms with Crippen molar-refractivity contribution in [3.05, 3.63) is 52.9 Å². The summed E-state index contributed by atoms with van der Waals surface area (Å²) in [7, 11) is 0. The van der Waals surface area contributed by atoms with E-state index in [1.54, 1.807) is 10.6 Å². The lowest BCUT2D eigenvalue weighted by Crippen LogP contribution is -1.99. The van der Waals surface area contributed by atoms with Crippen molar-refractivity contribution in [3.63, 3.8) is 0 Å². The Kier molecular flexibility index (Phi) is 3.72.